The Morgan fingerprint density at radius 2 is 1.83 bits per heavy atom. The third-order valence-corrected chi connectivity index (χ3v) is 3.74. The van der Waals surface area contributed by atoms with E-state index in [2.05, 4.69) is 18.7 Å². The maximum Gasteiger partial charge on any atom is 0.0518 e. The Labute approximate surface area is 113 Å². The fraction of sp³-hybridized carbons (Fsp3) is 1.00. The van der Waals surface area contributed by atoms with Crippen molar-refractivity contribution < 1.29 is 9.47 Å². The van der Waals surface area contributed by atoms with E-state index in [1.54, 1.807) is 7.11 Å². The fourth-order valence-electron chi connectivity index (χ4n) is 2.62. The summed E-state index contributed by atoms with van der Waals surface area (Å²) in [7, 11) is 1.78. The molecular formula is C15H31NO2. The summed E-state index contributed by atoms with van der Waals surface area (Å²) in [6.45, 7) is 9.81. The van der Waals surface area contributed by atoms with Crippen molar-refractivity contribution in [3.8, 4) is 0 Å². The molecule has 0 atom stereocenters. The number of methoxy groups -OCH3 is 1. The zero-order valence-corrected chi connectivity index (χ0v) is 12.5. The van der Waals surface area contributed by atoms with Crippen LogP contribution in [-0.4, -0.2) is 51.0 Å². The number of hydrogen-bond acceptors (Lipinski definition) is 3. The molecule has 3 nitrogen and oxygen atoms in total. The number of rotatable bonds is 9. The van der Waals surface area contributed by atoms with Crippen LogP contribution in [0.5, 0.6) is 0 Å². The molecule has 3 heteroatoms. The van der Waals surface area contributed by atoms with Gasteiger partial charge < -0.3 is 14.4 Å². The van der Waals surface area contributed by atoms with Crippen LogP contribution in [0, 0.1) is 5.92 Å². The van der Waals surface area contributed by atoms with E-state index >= 15 is 0 Å². The zero-order chi connectivity index (χ0) is 13.2. The van der Waals surface area contributed by atoms with Gasteiger partial charge in [-0.15, -0.1) is 0 Å². The van der Waals surface area contributed by atoms with E-state index < -0.39 is 0 Å². The molecule has 0 spiro atoms. The molecule has 0 aromatic carbocycles. The quantitative estimate of drug-likeness (QED) is 0.593. The molecule has 0 radical (unpaired) electrons. The van der Waals surface area contributed by atoms with E-state index in [0.717, 1.165) is 19.1 Å². The SMILES string of the molecule is COCCCN1CCC(CCCOC(C)C)CC1. The minimum Gasteiger partial charge on any atom is -0.385 e. The molecule has 0 N–H and O–H groups in total. The molecule has 1 aliphatic rings. The van der Waals surface area contributed by atoms with E-state index in [0.29, 0.717) is 6.10 Å². The first kappa shape index (κ1) is 15.9. The predicted molar refractivity (Wildman–Crippen MR) is 76.0 cm³/mol. The van der Waals surface area contributed by atoms with Gasteiger partial charge in [-0.25, -0.2) is 0 Å². The number of nitrogens with zero attached hydrogens (tertiary/aromatic N) is 1. The number of ether oxygens (including phenoxy) is 2. The van der Waals surface area contributed by atoms with Crippen molar-refractivity contribution in [1.82, 2.24) is 4.90 Å². The second-order valence-electron chi connectivity index (χ2n) is 5.69. The molecule has 1 heterocycles. The molecule has 0 aromatic heterocycles. The number of likely N-dealkylation sites (tertiary alicyclic amines) is 1. The predicted octanol–water partition coefficient (Wildman–Crippen LogP) is 2.94. The van der Waals surface area contributed by atoms with Crippen molar-refractivity contribution >= 4 is 0 Å². The van der Waals surface area contributed by atoms with Gasteiger partial charge in [-0.2, -0.15) is 0 Å². The summed E-state index contributed by atoms with van der Waals surface area (Å²) in [6.07, 6.45) is 6.87. The Kier molecular flexibility index (Phi) is 8.64. The summed E-state index contributed by atoms with van der Waals surface area (Å²) < 4.78 is 10.7. The Balaban J connectivity index is 1.98. The van der Waals surface area contributed by atoms with Crippen LogP contribution in [0.25, 0.3) is 0 Å². The van der Waals surface area contributed by atoms with Crippen molar-refractivity contribution in [2.75, 3.05) is 40.0 Å². The molecule has 108 valence electrons. The molecule has 0 aliphatic carbocycles. The van der Waals surface area contributed by atoms with Crippen molar-refractivity contribution in [1.29, 1.82) is 0 Å². The number of piperidine rings is 1. The minimum absolute atomic E-state index is 0.382. The normalized spacial score (nSPS) is 18.7. The molecule has 0 unspecified atom stereocenters. The second kappa shape index (κ2) is 9.76. The van der Waals surface area contributed by atoms with Gasteiger partial charge in [0.2, 0.25) is 0 Å². The van der Waals surface area contributed by atoms with Crippen LogP contribution in [0.4, 0.5) is 0 Å². The van der Waals surface area contributed by atoms with Crippen molar-refractivity contribution in [2.45, 2.75) is 52.1 Å². The Hall–Kier alpha value is -0.120. The Morgan fingerprint density at radius 3 is 2.44 bits per heavy atom. The first-order chi connectivity index (χ1) is 8.72. The van der Waals surface area contributed by atoms with Gasteiger partial charge in [0.1, 0.15) is 0 Å². The summed E-state index contributed by atoms with van der Waals surface area (Å²) in [4.78, 5) is 2.58. The number of hydrogen-bond donors (Lipinski definition) is 0. The maximum absolute atomic E-state index is 5.60. The van der Waals surface area contributed by atoms with E-state index in [1.165, 1.54) is 51.7 Å². The molecule has 1 aliphatic heterocycles. The summed E-state index contributed by atoms with van der Waals surface area (Å²) in [5.74, 6) is 0.930. The molecule has 18 heavy (non-hydrogen) atoms. The van der Waals surface area contributed by atoms with Gasteiger partial charge in [0.15, 0.2) is 0 Å². The molecule has 0 amide bonds. The Bertz CT molecular complexity index is 189. The van der Waals surface area contributed by atoms with Gasteiger partial charge in [-0.05, 0) is 65.0 Å². The van der Waals surface area contributed by atoms with Crippen molar-refractivity contribution in [3.63, 3.8) is 0 Å². The van der Waals surface area contributed by atoms with Crippen LogP contribution in [0.15, 0.2) is 0 Å². The van der Waals surface area contributed by atoms with Crippen LogP contribution in [0.2, 0.25) is 0 Å². The van der Waals surface area contributed by atoms with Gasteiger partial charge in [0.05, 0.1) is 6.10 Å². The summed E-state index contributed by atoms with van der Waals surface area (Å²) in [5, 5.41) is 0. The molecule has 1 fully saturated rings. The first-order valence-corrected chi connectivity index (χ1v) is 7.55. The average Bonchev–Trinajstić information content (AvgIpc) is 2.36. The smallest absolute Gasteiger partial charge is 0.0518 e. The third kappa shape index (κ3) is 7.34. The highest BCUT2D eigenvalue weighted by Gasteiger charge is 2.18. The van der Waals surface area contributed by atoms with Gasteiger partial charge in [0.25, 0.3) is 0 Å². The zero-order valence-electron chi connectivity index (χ0n) is 12.5. The Morgan fingerprint density at radius 1 is 1.11 bits per heavy atom. The van der Waals surface area contributed by atoms with Crippen molar-refractivity contribution in [3.05, 3.63) is 0 Å². The molecule has 1 saturated heterocycles. The van der Waals surface area contributed by atoms with Gasteiger partial charge >= 0.3 is 0 Å². The largest absolute Gasteiger partial charge is 0.385 e. The van der Waals surface area contributed by atoms with E-state index in [4.69, 9.17) is 9.47 Å². The van der Waals surface area contributed by atoms with E-state index in [1.807, 2.05) is 0 Å². The van der Waals surface area contributed by atoms with Gasteiger partial charge in [-0.3, -0.25) is 0 Å². The molecular weight excluding hydrogens is 226 g/mol. The van der Waals surface area contributed by atoms with Crippen LogP contribution < -0.4 is 0 Å². The van der Waals surface area contributed by atoms with E-state index in [9.17, 15) is 0 Å². The highest BCUT2D eigenvalue weighted by Crippen LogP contribution is 2.21. The lowest BCUT2D eigenvalue weighted by Crippen LogP contribution is -2.34. The van der Waals surface area contributed by atoms with Crippen LogP contribution >= 0.6 is 0 Å². The molecule has 1 rings (SSSR count). The topological polar surface area (TPSA) is 21.7 Å². The summed E-state index contributed by atoms with van der Waals surface area (Å²) >= 11 is 0. The summed E-state index contributed by atoms with van der Waals surface area (Å²) in [6, 6.07) is 0. The standard InChI is InChI=1S/C15H31NO2/c1-14(2)18-13-4-6-15-7-10-16(11-8-15)9-5-12-17-3/h14-15H,4-13H2,1-3H3. The van der Waals surface area contributed by atoms with E-state index in [-0.39, 0.29) is 0 Å². The lowest BCUT2D eigenvalue weighted by atomic mass is 9.92. The fourth-order valence-corrected chi connectivity index (χ4v) is 2.62. The maximum atomic E-state index is 5.60. The molecule has 0 bridgehead atoms. The third-order valence-electron chi connectivity index (χ3n) is 3.74. The average molecular weight is 257 g/mol. The monoisotopic (exact) mass is 257 g/mol. The molecule has 0 aromatic rings. The van der Waals surface area contributed by atoms with Crippen LogP contribution in [0.3, 0.4) is 0 Å². The summed E-state index contributed by atoms with van der Waals surface area (Å²) in [5.41, 5.74) is 0. The minimum atomic E-state index is 0.382. The lowest BCUT2D eigenvalue weighted by Gasteiger charge is -2.31. The lowest BCUT2D eigenvalue weighted by molar-refractivity contribution is 0.0701. The van der Waals surface area contributed by atoms with Gasteiger partial charge in [0, 0.05) is 26.9 Å². The first-order valence-electron chi connectivity index (χ1n) is 7.55. The second-order valence-corrected chi connectivity index (χ2v) is 5.69. The molecule has 0 saturated carbocycles. The highest BCUT2D eigenvalue weighted by molar-refractivity contribution is 4.72. The highest BCUT2D eigenvalue weighted by atomic mass is 16.5. The van der Waals surface area contributed by atoms with Crippen LogP contribution in [-0.2, 0) is 9.47 Å². The van der Waals surface area contributed by atoms with Crippen LogP contribution in [0.1, 0.15) is 46.0 Å². The van der Waals surface area contributed by atoms with Gasteiger partial charge in [-0.1, -0.05) is 0 Å². The van der Waals surface area contributed by atoms with Crippen molar-refractivity contribution in [2.24, 2.45) is 5.92 Å².